The summed E-state index contributed by atoms with van der Waals surface area (Å²) in [5.41, 5.74) is 11.5. The molecule has 218 valence electrons. The lowest BCUT2D eigenvalue weighted by molar-refractivity contribution is 0.0697. The van der Waals surface area contributed by atoms with Crippen LogP contribution in [-0.4, -0.2) is 64.6 Å². The molecular weight excluding hydrogens is 552 g/mol. The van der Waals surface area contributed by atoms with E-state index < -0.39 is 23.3 Å². The van der Waals surface area contributed by atoms with Crippen LogP contribution in [0.4, 0.5) is 5.69 Å². The van der Waals surface area contributed by atoms with Crippen LogP contribution in [-0.2, 0) is 0 Å². The monoisotopic (exact) mass is 584 g/mol. The molecule has 0 fully saturated rings. The highest BCUT2D eigenvalue weighted by Gasteiger charge is 2.29. The highest BCUT2D eigenvalue weighted by atomic mass is 35.5. The maximum absolute atomic E-state index is 13.3. The van der Waals surface area contributed by atoms with Crippen molar-refractivity contribution in [3.8, 4) is 17.0 Å². The standard InChI is InChI=1S/C28H32N6O6.ClH/c1-15(2)28(31,14-35)13-32-25(36)17-6-9-19(21(12-17)27(38)39)20-10-11-22(40-3)34-23(20)26(37)33-18-7-4-16(5-8-18)24(29)30;/h4-12,15,35H,13-14,31H2,1-3H3,(H3,29,30)(H,32,36)(H,33,37)(H,38,39);1H. The van der Waals surface area contributed by atoms with Crippen molar-refractivity contribution in [2.75, 3.05) is 25.6 Å². The van der Waals surface area contributed by atoms with E-state index in [2.05, 4.69) is 15.6 Å². The third-order valence-electron chi connectivity index (χ3n) is 6.57. The van der Waals surface area contributed by atoms with Crippen molar-refractivity contribution in [1.29, 1.82) is 5.41 Å². The van der Waals surface area contributed by atoms with Crippen LogP contribution in [0.3, 0.4) is 0 Å². The molecule has 0 saturated carbocycles. The Morgan fingerprint density at radius 1 is 1.02 bits per heavy atom. The molecule has 0 aliphatic carbocycles. The van der Waals surface area contributed by atoms with Crippen molar-refractivity contribution in [2.45, 2.75) is 19.4 Å². The summed E-state index contributed by atoms with van der Waals surface area (Å²) in [4.78, 5) is 42.6. The molecule has 0 aliphatic rings. The van der Waals surface area contributed by atoms with Gasteiger partial charge in [0.2, 0.25) is 5.88 Å². The van der Waals surface area contributed by atoms with Gasteiger partial charge in [-0.25, -0.2) is 9.78 Å². The number of aliphatic hydroxyl groups excluding tert-OH is 1. The largest absolute Gasteiger partial charge is 0.481 e. The number of aliphatic hydroxyl groups is 1. The number of halogens is 1. The van der Waals surface area contributed by atoms with Crippen molar-refractivity contribution in [3.05, 3.63) is 77.0 Å². The number of ether oxygens (including phenoxy) is 1. The SMILES string of the molecule is COc1ccc(-c2ccc(C(=O)NCC(N)(CO)C(C)C)cc2C(=O)O)c(C(=O)Nc2ccc(C(=N)N)cc2)n1.Cl. The number of amides is 2. The average Bonchev–Trinajstić information content (AvgIpc) is 2.95. The number of nitrogens with zero attached hydrogens (tertiary/aromatic N) is 1. The van der Waals surface area contributed by atoms with Gasteiger partial charge in [0.15, 0.2) is 0 Å². The highest BCUT2D eigenvalue weighted by molar-refractivity contribution is 6.10. The Balaban J connectivity index is 0.00000588. The maximum atomic E-state index is 13.3. The lowest BCUT2D eigenvalue weighted by Crippen LogP contribution is -2.56. The molecule has 13 heteroatoms. The van der Waals surface area contributed by atoms with Crippen molar-refractivity contribution in [2.24, 2.45) is 17.4 Å². The summed E-state index contributed by atoms with van der Waals surface area (Å²) < 4.78 is 5.17. The minimum Gasteiger partial charge on any atom is -0.481 e. The number of pyridine rings is 1. The van der Waals surface area contributed by atoms with Crippen molar-refractivity contribution < 1.29 is 29.3 Å². The Morgan fingerprint density at radius 2 is 1.63 bits per heavy atom. The quantitative estimate of drug-likeness (QED) is 0.130. The first kappa shape index (κ1) is 32.7. The zero-order valence-electron chi connectivity index (χ0n) is 22.7. The second kappa shape index (κ2) is 13.7. The van der Waals surface area contributed by atoms with Crippen molar-refractivity contribution >= 4 is 41.7 Å². The van der Waals surface area contributed by atoms with Gasteiger partial charge in [-0.05, 0) is 53.9 Å². The first-order chi connectivity index (χ1) is 18.9. The molecule has 0 saturated heterocycles. The topological polar surface area (TPSA) is 214 Å². The normalized spacial score (nSPS) is 12.0. The zero-order chi connectivity index (χ0) is 29.6. The minimum atomic E-state index is -1.32. The summed E-state index contributed by atoms with van der Waals surface area (Å²) in [6.07, 6.45) is 0. The Labute approximate surface area is 243 Å². The van der Waals surface area contributed by atoms with E-state index in [4.69, 9.17) is 21.6 Å². The molecular formula is C28H33ClN6O6. The van der Waals surface area contributed by atoms with Crippen LogP contribution in [0.2, 0.25) is 0 Å². The number of nitrogens with one attached hydrogen (secondary N) is 3. The molecule has 1 atom stereocenters. The molecule has 1 aromatic heterocycles. The molecule has 0 radical (unpaired) electrons. The number of aromatic carboxylic acids is 1. The van der Waals surface area contributed by atoms with E-state index in [1.807, 2.05) is 13.8 Å². The van der Waals surface area contributed by atoms with Crippen LogP contribution >= 0.6 is 12.4 Å². The van der Waals surface area contributed by atoms with Gasteiger partial charge < -0.3 is 37.1 Å². The van der Waals surface area contributed by atoms with Gasteiger partial charge in [-0.2, -0.15) is 0 Å². The van der Waals surface area contributed by atoms with E-state index in [-0.39, 0.29) is 71.1 Å². The number of hydrogen-bond acceptors (Lipinski definition) is 8. The molecule has 2 aromatic carbocycles. The number of carbonyl (C=O) groups excluding carboxylic acids is 2. The van der Waals surface area contributed by atoms with Crippen LogP contribution in [0.1, 0.15) is 50.6 Å². The fraction of sp³-hybridized carbons (Fsp3) is 0.250. The smallest absolute Gasteiger partial charge is 0.336 e. The van der Waals surface area contributed by atoms with Gasteiger partial charge in [0, 0.05) is 35.0 Å². The number of methoxy groups -OCH3 is 1. The molecule has 12 nitrogen and oxygen atoms in total. The summed E-state index contributed by atoms with van der Waals surface area (Å²) in [6, 6.07) is 13.3. The summed E-state index contributed by atoms with van der Waals surface area (Å²) >= 11 is 0. The number of nitrogens with two attached hydrogens (primary N) is 2. The Kier molecular flexibility index (Phi) is 10.9. The van der Waals surface area contributed by atoms with Crippen LogP contribution in [0, 0.1) is 11.3 Å². The fourth-order valence-corrected chi connectivity index (χ4v) is 3.76. The Morgan fingerprint density at radius 3 is 2.17 bits per heavy atom. The van der Waals surface area contributed by atoms with Gasteiger partial charge in [-0.1, -0.05) is 19.9 Å². The first-order valence-electron chi connectivity index (χ1n) is 12.3. The number of amidine groups is 1. The van der Waals surface area contributed by atoms with Gasteiger partial charge in [0.05, 0.1) is 24.8 Å². The van der Waals surface area contributed by atoms with Crippen molar-refractivity contribution in [1.82, 2.24) is 10.3 Å². The molecule has 9 N–H and O–H groups in total. The first-order valence-corrected chi connectivity index (χ1v) is 12.3. The number of carboxylic acid groups (broad SMARTS) is 1. The van der Waals surface area contributed by atoms with E-state index >= 15 is 0 Å². The number of carbonyl (C=O) groups is 3. The second-order valence-corrected chi connectivity index (χ2v) is 9.49. The Bertz CT molecular complexity index is 1450. The molecule has 2 amide bonds. The number of aromatic nitrogens is 1. The summed E-state index contributed by atoms with van der Waals surface area (Å²) in [7, 11) is 1.38. The minimum absolute atomic E-state index is 0. The van der Waals surface area contributed by atoms with Gasteiger partial charge in [-0.3, -0.25) is 15.0 Å². The highest BCUT2D eigenvalue weighted by Crippen LogP contribution is 2.30. The molecule has 0 spiro atoms. The predicted molar refractivity (Wildman–Crippen MR) is 157 cm³/mol. The molecule has 1 unspecified atom stereocenters. The van der Waals surface area contributed by atoms with E-state index in [1.165, 1.54) is 37.4 Å². The molecule has 41 heavy (non-hydrogen) atoms. The van der Waals surface area contributed by atoms with Gasteiger partial charge in [0.25, 0.3) is 11.8 Å². The van der Waals surface area contributed by atoms with E-state index in [0.717, 1.165) is 0 Å². The van der Waals surface area contributed by atoms with Crippen LogP contribution in [0.5, 0.6) is 5.88 Å². The van der Waals surface area contributed by atoms with E-state index in [0.29, 0.717) is 11.3 Å². The third kappa shape index (κ3) is 7.57. The number of hydrogen-bond donors (Lipinski definition) is 7. The van der Waals surface area contributed by atoms with E-state index in [1.54, 1.807) is 24.3 Å². The molecule has 1 heterocycles. The van der Waals surface area contributed by atoms with Crippen LogP contribution < -0.4 is 26.8 Å². The number of anilines is 1. The number of carboxylic acids is 1. The third-order valence-corrected chi connectivity index (χ3v) is 6.57. The summed E-state index contributed by atoms with van der Waals surface area (Å²) in [5, 5.41) is 32.5. The van der Waals surface area contributed by atoms with Gasteiger partial charge in [0.1, 0.15) is 11.5 Å². The van der Waals surface area contributed by atoms with Crippen LogP contribution in [0.15, 0.2) is 54.6 Å². The number of nitrogen functional groups attached to an aromatic ring is 1. The lowest BCUT2D eigenvalue weighted by Gasteiger charge is -2.31. The average molecular weight is 585 g/mol. The molecule has 3 rings (SSSR count). The Hall–Kier alpha value is -4.52. The van der Waals surface area contributed by atoms with Crippen molar-refractivity contribution in [3.63, 3.8) is 0 Å². The second-order valence-electron chi connectivity index (χ2n) is 9.49. The number of benzene rings is 2. The molecule has 0 bridgehead atoms. The van der Waals surface area contributed by atoms with E-state index in [9.17, 15) is 24.6 Å². The predicted octanol–water partition coefficient (Wildman–Crippen LogP) is 2.49. The molecule has 3 aromatic rings. The lowest BCUT2D eigenvalue weighted by atomic mass is 9.88. The summed E-state index contributed by atoms with van der Waals surface area (Å²) in [5.74, 6) is -2.65. The zero-order valence-corrected chi connectivity index (χ0v) is 23.5. The molecule has 0 aliphatic heterocycles. The number of rotatable bonds is 11. The van der Waals surface area contributed by atoms with Gasteiger partial charge in [-0.15, -0.1) is 12.4 Å². The maximum Gasteiger partial charge on any atom is 0.336 e. The van der Waals surface area contributed by atoms with Gasteiger partial charge >= 0.3 is 5.97 Å². The summed E-state index contributed by atoms with van der Waals surface area (Å²) in [6.45, 7) is 3.26. The fourth-order valence-electron chi connectivity index (χ4n) is 3.76. The van der Waals surface area contributed by atoms with Crippen LogP contribution in [0.25, 0.3) is 11.1 Å².